The molecule has 0 aliphatic rings. The number of carbonyl (C=O) groups is 1. The van der Waals surface area contributed by atoms with E-state index in [4.69, 9.17) is 9.05 Å². The SMILES string of the molecule is CCCCCCCC/C=C\C/C=C\CCC(=O)NC(COP(=O)([O-])OCC[N+](C)(C)C)C(O)/C=C/CC/C=C/CC/C=C/CCCCCCCCCCCCC. The molecule has 0 saturated heterocycles. The Morgan fingerprint density at radius 3 is 1.55 bits per heavy atom. The maximum absolute atomic E-state index is 12.8. The molecule has 0 aromatic rings. The van der Waals surface area contributed by atoms with Gasteiger partial charge >= 0.3 is 0 Å². The molecule has 0 heterocycles. The zero-order chi connectivity index (χ0) is 41.4. The van der Waals surface area contributed by atoms with E-state index in [2.05, 4.69) is 61.7 Å². The Morgan fingerprint density at radius 2 is 1.05 bits per heavy atom. The summed E-state index contributed by atoms with van der Waals surface area (Å²) in [4.78, 5) is 25.2. The van der Waals surface area contributed by atoms with Crippen LogP contribution in [-0.2, 0) is 18.4 Å². The molecule has 9 heteroatoms. The fourth-order valence-corrected chi connectivity index (χ4v) is 6.78. The second-order valence-electron chi connectivity index (χ2n) is 16.4. The number of hydrogen-bond donors (Lipinski definition) is 2. The van der Waals surface area contributed by atoms with Gasteiger partial charge in [-0.2, -0.15) is 0 Å². The Hall–Kier alpha value is -1.80. The van der Waals surface area contributed by atoms with Crippen LogP contribution in [0.1, 0.15) is 181 Å². The molecule has 8 nitrogen and oxygen atoms in total. The number of phosphoric ester groups is 1. The summed E-state index contributed by atoms with van der Waals surface area (Å²) in [6.07, 6.45) is 50.1. The average molecular weight is 807 g/mol. The summed E-state index contributed by atoms with van der Waals surface area (Å²) < 4.78 is 23.1. The van der Waals surface area contributed by atoms with Crippen LogP contribution in [0.3, 0.4) is 0 Å². The van der Waals surface area contributed by atoms with Crippen LogP contribution in [0, 0.1) is 0 Å². The first-order valence-corrected chi connectivity index (χ1v) is 24.1. The number of aliphatic hydroxyl groups excluding tert-OH is 1. The van der Waals surface area contributed by atoms with Crippen molar-refractivity contribution in [3.63, 3.8) is 0 Å². The third-order valence-electron chi connectivity index (χ3n) is 9.69. The van der Waals surface area contributed by atoms with Crippen LogP contribution in [0.4, 0.5) is 0 Å². The van der Waals surface area contributed by atoms with E-state index in [-0.39, 0.29) is 18.9 Å². The Kier molecular flexibility index (Phi) is 37.5. The molecule has 0 aromatic heterocycles. The van der Waals surface area contributed by atoms with Gasteiger partial charge in [-0.1, -0.05) is 171 Å². The highest BCUT2D eigenvalue weighted by Gasteiger charge is 2.23. The highest BCUT2D eigenvalue weighted by Crippen LogP contribution is 2.38. The van der Waals surface area contributed by atoms with E-state index in [0.717, 1.165) is 38.5 Å². The van der Waals surface area contributed by atoms with E-state index in [9.17, 15) is 19.4 Å². The largest absolute Gasteiger partial charge is 0.756 e. The highest BCUT2D eigenvalue weighted by atomic mass is 31.2. The van der Waals surface area contributed by atoms with Crippen LogP contribution in [0.25, 0.3) is 0 Å². The van der Waals surface area contributed by atoms with Gasteiger partial charge in [0.1, 0.15) is 13.2 Å². The molecule has 1 amide bonds. The van der Waals surface area contributed by atoms with Gasteiger partial charge in [-0.25, -0.2) is 0 Å². The lowest BCUT2D eigenvalue weighted by atomic mass is 10.1. The first kappa shape index (κ1) is 54.2. The summed E-state index contributed by atoms with van der Waals surface area (Å²) in [6.45, 7) is 4.55. The fraction of sp³-hybridized carbons (Fsp3) is 0.766. The second-order valence-corrected chi connectivity index (χ2v) is 17.8. The molecule has 0 rings (SSSR count). The minimum atomic E-state index is -4.61. The number of unbranched alkanes of at least 4 members (excludes halogenated alkanes) is 19. The maximum atomic E-state index is 12.8. The molecule has 0 radical (unpaired) electrons. The number of rotatable bonds is 40. The van der Waals surface area contributed by atoms with Gasteiger partial charge in [0.15, 0.2) is 0 Å². The Balaban J connectivity index is 4.54. The number of amides is 1. The molecule has 2 N–H and O–H groups in total. The van der Waals surface area contributed by atoms with Crippen LogP contribution in [-0.4, -0.2) is 68.5 Å². The number of phosphoric acid groups is 1. The van der Waals surface area contributed by atoms with Crippen molar-refractivity contribution >= 4 is 13.7 Å². The van der Waals surface area contributed by atoms with Crippen LogP contribution in [0.5, 0.6) is 0 Å². The number of allylic oxidation sites excluding steroid dienone is 9. The molecule has 0 spiro atoms. The summed E-state index contributed by atoms with van der Waals surface area (Å²) in [6, 6.07) is -0.940. The molecule has 3 atom stereocenters. The number of aliphatic hydroxyl groups is 1. The van der Waals surface area contributed by atoms with E-state index in [1.54, 1.807) is 6.08 Å². The standard InChI is InChI=1S/C47H87N2O6P/c1-6-8-10-12-14-16-18-20-21-22-23-24-25-26-27-29-30-32-34-36-38-40-46(50)45(44-55-56(52,53)54-43-42-49(3,4)5)48-47(51)41-39-37-35-33-31-28-19-17-15-13-11-9-7-2/h25-26,28,30-32,35,37-38,40,45-46,50H,6-24,27,29,33-34,36,39,41-44H2,1-5H3,(H-,48,51,52,53)/b26-25+,31-28-,32-30+,37-35-,40-38+. The smallest absolute Gasteiger partial charge is 0.268 e. The Bertz CT molecular complexity index is 1100. The zero-order valence-corrected chi connectivity index (χ0v) is 37.7. The third-order valence-corrected chi connectivity index (χ3v) is 10.7. The first-order valence-electron chi connectivity index (χ1n) is 22.7. The quantitative estimate of drug-likeness (QED) is 0.0276. The van der Waals surface area contributed by atoms with Gasteiger partial charge in [0.2, 0.25) is 5.91 Å². The monoisotopic (exact) mass is 807 g/mol. The zero-order valence-electron chi connectivity index (χ0n) is 36.8. The van der Waals surface area contributed by atoms with Crippen molar-refractivity contribution in [1.82, 2.24) is 5.32 Å². The second kappa shape index (κ2) is 38.7. The lowest BCUT2D eigenvalue weighted by Crippen LogP contribution is -2.45. The van der Waals surface area contributed by atoms with Crippen molar-refractivity contribution < 1.29 is 32.9 Å². The number of nitrogens with zero attached hydrogens (tertiary/aromatic N) is 1. The lowest BCUT2D eigenvalue weighted by Gasteiger charge is -2.29. The van der Waals surface area contributed by atoms with E-state index < -0.39 is 26.6 Å². The third kappa shape index (κ3) is 40.4. The maximum Gasteiger partial charge on any atom is 0.268 e. The van der Waals surface area contributed by atoms with E-state index >= 15 is 0 Å². The fourth-order valence-electron chi connectivity index (χ4n) is 6.06. The topological polar surface area (TPSA) is 108 Å². The minimum absolute atomic E-state index is 0.0203. The molecular formula is C47H87N2O6P. The van der Waals surface area contributed by atoms with Crippen LogP contribution in [0.15, 0.2) is 60.8 Å². The number of likely N-dealkylation sites (N-methyl/N-ethyl adjacent to an activating group) is 1. The van der Waals surface area contributed by atoms with E-state index in [1.165, 1.54) is 116 Å². The van der Waals surface area contributed by atoms with Crippen LogP contribution in [0.2, 0.25) is 0 Å². The number of nitrogens with one attached hydrogen (secondary N) is 1. The predicted octanol–water partition coefficient (Wildman–Crippen LogP) is 12.0. The summed E-state index contributed by atoms with van der Waals surface area (Å²) in [5.41, 5.74) is 0. The molecule has 0 aliphatic carbocycles. The van der Waals surface area contributed by atoms with E-state index in [0.29, 0.717) is 17.4 Å². The molecule has 0 fully saturated rings. The number of hydrogen-bond acceptors (Lipinski definition) is 6. The van der Waals surface area contributed by atoms with Crippen molar-refractivity contribution in [3.05, 3.63) is 60.8 Å². The van der Waals surface area contributed by atoms with Crippen molar-refractivity contribution in [1.29, 1.82) is 0 Å². The van der Waals surface area contributed by atoms with Crippen LogP contribution >= 0.6 is 7.82 Å². The van der Waals surface area contributed by atoms with Gasteiger partial charge in [-0.05, 0) is 64.2 Å². The number of quaternary nitrogens is 1. The van der Waals surface area contributed by atoms with Crippen molar-refractivity contribution in [2.24, 2.45) is 0 Å². The lowest BCUT2D eigenvalue weighted by molar-refractivity contribution is -0.870. The van der Waals surface area contributed by atoms with Gasteiger partial charge in [0.25, 0.3) is 7.82 Å². The summed E-state index contributed by atoms with van der Waals surface area (Å²) in [5.74, 6) is -0.281. The normalized spacial score (nSPS) is 14.9. The first-order chi connectivity index (χ1) is 27.0. The van der Waals surface area contributed by atoms with Crippen molar-refractivity contribution in [3.8, 4) is 0 Å². The van der Waals surface area contributed by atoms with Crippen molar-refractivity contribution in [2.45, 2.75) is 193 Å². The molecule has 326 valence electrons. The summed E-state index contributed by atoms with van der Waals surface area (Å²) in [7, 11) is 1.20. The van der Waals surface area contributed by atoms with Gasteiger partial charge in [0, 0.05) is 6.42 Å². The van der Waals surface area contributed by atoms with Crippen molar-refractivity contribution in [2.75, 3.05) is 40.9 Å². The van der Waals surface area contributed by atoms with Gasteiger partial charge in [0.05, 0.1) is 39.9 Å². The average Bonchev–Trinajstić information content (AvgIpc) is 3.15. The van der Waals surface area contributed by atoms with Crippen LogP contribution < -0.4 is 10.2 Å². The van der Waals surface area contributed by atoms with Gasteiger partial charge in [-0.15, -0.1) is 0 Å². The molecular weight excluding hydrogens is 719 g/mol. The predicted molar refractivity (Wildman–Crippen MR) is 237 cm³/mol. The molecule has 3 unspecified atom stereocenters. The van der Waals surface area contributed by atoms with Gasteiger partial charge < -0.3 is 28.8 Å². The summed E-state index contributed by atoms with van der Waals surface area (Å²) in [5, 5.41) is 13.7. The number of carbonyl (C=O) groups excluding carboxylic acids is 1. The molecule has 0 aromatic carbocycles. The minimum Gasteiger partial charge on any atom is -0.756 e. The van der Waals surface area contributed by atoms with E-state index in [1.807, 2.05) is 33.3 Å². The molecule has 0 aliphatic heterocycles. The molecule has 0 saturated carbocycles. The molecule has 0 bridgehead atoms. The molecule has 56 heavy (non-hydrogen) atoms. The summed E-state index contributed by atoms with van der Waals surface area (Å²) >= 11 is 0. The Labute approximate surface area is 345 Å². The van der Waals surface area contributed by atoms with Gasteiger partial charge in [-0.3, -0.25) is 9.36 Å². The highest BCUT2D eigenvalue weighted by molar-refractivity contribution is 7.45. The Morgan fingerprint density at radius 1 is 0.625 bits per heavy atom.